The molecule has 0 unspecified atom stereocenters. The van der Waals surface area contributed by atoms with Crippen molar-refractivity contribution in [3.8, 4) is 0 Å². The molecule has 1 amide bonds. The number of esters is 1. The van der Waals surface area contributed by atoms with Gasteiger partial charge in [-0.3, -0.25) is 25.5 Å². The molecule has 0 bridgehead atoms. The van der Waals surface area contributed by atoms with E-state index in [1.807, 2.05) is 0 Å². The van der Waals surface area contributed by atoms with E-state index in [1.165, 1.54) is 13.0 Å². The standard InChI is InChI=1S/C12H11N3O8/c1-6-3-7(4-8(11(16)23-2)13-12(17)18)5-9(14(19)20)10(6)15(21)22/h3-5,13H,1-2H3,(H,17,18). The maximum atomic E-state index is 11.5. The third-order valence-corrected chi connectivity index (χ3v) is 2.64. The Labute approximate surface area is 128 Å². The summed E-state index contributed by atoms with van der Waals surface area (Å²) in [6.45, 7) is 1.28. The highest BCUT2D eigenvalue weighted by Gasteiger charge is 2.27. The number of nitrogens with zero attached hydrogens (tertiary/aromatic N) is 2. The van der Waals surface area contributed by atoms with Crippen molar-refractivity contribution >= 4 is 29.5 Å². The van der Waals surface area contributed by atoms with Crippen molar-refractivity contribution in [1.29, 1.82) is 0 Å². The number of hydrogen-bond acceptors (Lipinski definition) is 7. The largest absolute Gasteiger partial charge is 0.465 e. The van der Waals surface area contributed by atoms with Crippen LogP contribution in [0.1, 0.15) is 11.1 Å². The number of carbonyl (C=O) groups is 2. The highest BCUT2D eigenvalue weighted by atomic mass is 16.6. The molecule has 23 heavy (non-hydrogen) atoms. The molecule has 1 rings (SSSR count). The van der Waals surface area contributed by atoms with E-state index < -0.39 is 39.0 Å². The quantitative estimate of drug-likeness (QED) is 0.357. The van der Waals surface area contributed by atoms with Crippen LogP contribution in [0.15, 0.2) is 17.8 Å². The summed E-state index contributed by atoms with van der Waals surface area (Å²) in [5.41, 5.74) is -1.95. The van der Waals surface area contributed by atoms with Crippen LogP contribution in [0.4, 0.5) is 16.2 Å². The second-order valence-electron chi connectivity index (χ2n) is 4.20. The Kier molecular flexibility index (Phi) is 5.32. The first-order valence-corrected chi connectivity index (χ1v) is 5.90. The van der Waals surface area contributed by atoms with Crippen molar-refractivity contribution in [2.75, 3.05) is 7.11 Å². The number of ether oxygens (including phenoxy) is 1. The number of carbonyl (C=O) groups excluding carboxylic acids is 1. The van der Waals surface area contributed by atoms with Crippen LogP contribution in [-0.4, -0.2) is 34.1 Å². The summed E-state index contributed by atoms with van der Waals surface area (Å²) in [4.78, 5) is 42.2. The van der Waals surface area contributed by atoms with Crippen molar-refractivity contribution in [3.05, 3.63) is 49.2 Å². The molecular formula is C12H11N3O8. The molecule has 1 aromatic rings. The third kappa shape index (κ3) is 4.23. The predicted molar refractivity (Wildman–Crippen MR) is 75.6 cm³/mol. The molecule has 0 saturated carbocycles. The topological polar surface area (TPSA) is 162 Å². The van der Waals surface area contributed by atoms with Crippen LogP contribution in [0.25, 0.3) is 6.08 Å². The molecule has 0 spiro atoms. The van der Waals surface area contributed by atoms with E-state index in [-0.39, 0.29) is 11.1 Å². The molecule has 0 aliphatic carbocycles. The van der Waals surface area contributed by atoms with Crippen LogP contribution in [0.3, 0.4) is 0 Å². The van der Waals surface area contributed by atoms with Crippen LogP contribution in [0.2, 0.25) is 0 Å². The minimum atomic E-state index is -1.55. The Morgan fingerprint density at radius 3 is 2.30 bits per heavy atom. The van der Waals surface area contributed by atoms with Crippen molar-refractivity contribution in [3.63, 3.8) is 0 Å². The van der Waals surface area contributed by atoms with Gasteiger partial charge in [0.25, 0.3) is 0 Å². The van der Waals surface area contributed by atoms with Crippen LogP contribution < -0.4 is 5.32 Å². The molecular weight excluding hydrogens is 314 g/mol. The highest BCUT2D eigenvalue weighted by Crippen LogP contribution is 2.32. The molecule has 11 nitrogen and oxygen atoms in total. The summed E-state index contributed by atoms with van der Waals surface area (Å²) in [5.74, 6) is -1.02. The Bertz CT molecular complexity index is 725. The number of hydrogen-bond donors (Lipinski definition) is 2. The summed E-state index contributed by atoms with van der Waals surface area (Å²) >= 11 is 0. The molecule has 11 heteroatoms. The number of rotatable bonds is 5. The van der Waals surface area contributed by atoms with Gasteiger partial charge in [0.1, 0.15) is 5.70 Å². The second-order valence-corrected chi connectivity index (χ2v) is 4.20. The van der Waals surface area contributed by atoms with E-state index in [2.05, 4.69) is 4.74 Å². The number of nitro groups is 2. The monoisotopic (exact) mass is 325 g/mol. The Morgan fingerprint density at radius 1 is 1.26 bits per heavy atom. The van der Waals surface area contributed by atoms with Gasteiger partial charge in [0.05, 0.1) is 17.0 Å². The predicted octanol–water partition coefficient (Wildman–Crippen LogP) is 1.59. The maximum absolute atomic E-state index is 11.5. The number of benzene rings is 1. The fraction of sp³-hybridized carbons (Fsp3) is 0.167. The first kappa shape index (κ1) is 17.6. The first-order valence-electron chi connectivity index (χ1n) is 5.90. The first-order chi connectivity index (χ1) is 10.7. The maximum Gasteiger partial charge on any atom is 0.409 e. The number of nitro benzene ring substituents is 2. The molecule has 0 saturated heterocycles. The number of methoxy groups -OCH3 is 1. The normalized spacial score (nSPS) is 10.8. The van der Waals surface area contributed by atoms with Gasteiger partial charge < -0.3 is 9.84 Å². The van der Waals surface area contributed by atoms with Crippen molar-refractivity contribution in [2.45, 2.75) is 6.92 Å². The van der Waals surface area contributed by atoms with E-state index in [9.17, 15) is 29.8 Å². The molecule has 0 heterocycles. The zero-order valence-corrected chi connectivity index (χ0v) is 11.9. The van der Waals surface area contributed by atoms with Crippen LogP contribution in [0.5, 0.6) is 0 Å². The molecule has 122 valence electrons. The Hall–Kier alpha value is -3.50. The fourth-order valence-corrected chi connectivity index (χ4v) is 1.79. The van der Waals surface area contributed by atoms with Gasteiger partial charge >= 0.3 is 23.4 Å². The molecule has 0 fully saturated rings. The molecule has 1 aromatic carbocycles. The lowest BCUT2D eigenvalue weighted by Gasteiger charge is -2.06. The van der Waals surface area contributed by atoms with Gasteiger partial charge in [-0.05, 0) is 24.6 Å². The van der Waals surface area contributed by atoms with Gasteiger partial charge in [-0.25, -0.2) is 9.59 Å². The summed E-state index contributed by atoms with van der Waals surface area (Å²) in [6.07, 6.45) is -0.571. The van der Waals surface area contributed by atoms with Gasteiger partial charge in [0.15, 0.2) is 0 Å². The van der Waals surface area contributed by atoms with Gasteiger partial charge in [-0.2, -0.15) is 0 Å². The number of amides is 1. The average Bonchev–Trinajstić information content (AvgIpc) is 2.43. The van der Waals surface area contributed by atoms with Gasteiger partial charge in [0.2, 0.25) is 0 Å². The van der Waals surface area contributed by atoms with Crippen LogP contribution in [0, 0.1) is 27.2 Å². The zero-order chi connectivity index (χ0) is 17.7. The minimum absolute atomic E-state index is 0.0185. The summed E-state index contributed by atoms with van der Waals surface area (Å²) in [7, 11) is 1.02. The molecule has 2 N–H and O–H groups in total. The van der Waals surface area contributed by atoms with Crippen molar-refractivity contribution < 1.29 is 29.3 Å². The molecule has 0 radical (unpaired) electrons. The lowest BCUT2D eigenvalue weighted by Crippen LogP contribution is -2.26. The lowest BCUT2D eigenvalue weighted by molar-refractivity contribution is -0.422. The Balaban J connectivity index is 3.50. The Morgan fingerprint density at radius 2 is 1.87 bits per heavy atom. The summed E-state index contributed by atoms with van der Waals surface area (Å²) in [6, 6.07) is 2.06. The molecule has 0 aliphatic rings. The van der Waals surface area contributed by atoms with Gasteiger partial charge in [-0.1, -0.05) is 0 Å². The van der Waals surface area contributed by atoms with E-state index in [4.69, 9.17) is 5.11 Å². The van der Waals surface area contributed by atoms with Crippen molar-refractivity contribution in [1.82, 2.24) is 5.32 Å². The van der Waals surface area contributed by atoms with Gasteiger partial charge in [0, 0.05) is 11.6 Å². The molecule has 0 atom stereocenters. The smallest absolute Gasteiger partial charge is 0.409 e. The van der Waals surface area contributed by atoms with E-state index >= 15 is 0 Å². The van der Waals surface area contributed by atoms with Crippen LogP contribution >= 0.6 is 0 Å². The summed E-state index contributed by atoms with van der Waals surface area (Å²) < 4.78 is 4.38. The van der Waals surface area contributed by atoms with E-state index in [1.54, 1.807) is 5.32 Å². The number of nitrogens with one attached hydrogen (secondary N) is 1. The summed E-state index contributed by atoms with van der Waals surface area (Å²) in [5, 5.41) is 32.3. The van der Waals surface area contributed by atoms with Gasteiger partial charge in [-0.15, -0.1) is 0 Å². The molecule has 0 aromatic heterocycles. The van der Waals surface area contributed by atoms with Crippen LogP contribution in [-0.2, 0) is 9.53 Å². The lowest BCUT2D eigenvalue weighted by atomic mass is 10.1. The second kappa shape index (κ2) is 6.98. The average molecular weight is 325 g/mol. The van der Waals surface area contributed by atoms with E-state index in [0.29, 0.717) is 0 Å². The zero-order valence-electron chi connectivity index (χ0n) is 11.9. The molecule has 0 aliphatic heterocycles. The number of aryl methyl sites for hydroxylation is 1. The SMILES string of the molecule is COC(=O)C(=Cc1cc(C)c([N+](=O)[O-])c([N+](=O)[O-])c1)NC(=O)O. The van der Waals surface area contributed by atoms with E-state index in [0.717, 1.165) is 19.3 Å². The third-order valence-electron chi connectivity index (χ3n) is 2.64. The fourth-order valence-electron chi connectivity index (χ4n) is 1.79. The number of carboxylic acid groups (broad SMARTS) is 1. The highest BCUT2D eigenvalue weighted by molar-refractivity contribution is 5.96. The van der Waals surface area contributed by atoms with Crippen molar-refractivity contribution in [2.24, 2.45) is 0 Å². The minimum Gasteiger partial charge on any atom is -0.465 e.